The van der Waals surface area contributed by atoms with E-state index < -0.39 is 0 Å². The Morgan fingerprint density at radius 3 is 2.54 bits per heavy atom. The fourth-order valence-electron chi connectivity index (χ4n) is 4.45. The number of likely N-dealkylation sites (tertiary alicyclic amines) is 2. The summed E-state index contributed by atoms with van der Waals surface area (Å²) in [5, 5.41) is 18.6. The number of nitrogens with zero attached hydrogens (tertiary/aromatic N) is 5. The highest BCUT2D eigenvalue weighted by Crippen LogP contribution is 2.32. The standard InChI is InChI=1S/C19H31N5O2/c1-22-17(13-23-10-7-16(25)8-11-23)20-21-18(22)15-6-3-9-24(12-15)19(26)14-4-2-5-14/h14-16,25H,2-13H2,1H3/t15-/m0/s1. The van der Waals surface area contributed by atoms with Gasteiger partial charge in [0.05, 0.1) is 12.6 Å². The number of aliphatic hydroxyl groups is 1. The maximum absolute atomic E-state index is 12.6. The zero-order chi connectivity index (χ0) is 18.1. The number of rotatable bonds is 4. The largest absolute Gasteiger partial charge is 0.393 e. The molecule has 3 heterocycles. The number of carbonyl (C=O) groups excluding carboxylic acids is 1. The summed E-state index contributed by atoms with van der Waals surface area (Å²) in [4.78, 5) is 17.0. The van der Waals surface area contributed by atoms with E-state index in [4.69, 9.17) is 0 Å². The third-order valence-corrected chi connectivity index (χ3v) is 6.47. The third kappa shape index (κ3) is 3.64. The summed E-state index contributed by atoms with van der Waals surface area (Å²) < 4.78 is 2.13. The maximum atomic E-state index is 12.6. The van der Waals surface area contributed by atoms with Gasteiger partial charge < -0.3 is 14.6 Å². The topological polar surface area (TPSA) is 74.5 Å². The van der Waals surface area contributed by atoms with E-state index in [2.05, 4.69) is 31.6 Å². The molecule has 0 aromatic carbocycles. The van der Waals surface area contributed by atoms with Gasteiger partial charge in [0.1, 0.15) is 11.6 Å². The van der Waals surface area contributed by atoms with Crippen LogP contribution in [0.3, 0.4) is 0 Å². The van der Waals surface area contributed by atoms with Crippen LogP contribution in [0.25, 0.3) is 0 Å². The first kappa shape index (κ1) is 17.9. The summed E-state index contributed by atoms with van der Waals surface area (Å²) in [5.74, 6) is 2.93. The van der Waals surface area contributed by atoms with Crippen molar-refractivity contribution in [2.75, 3.05) is 26.2 Å². The van der Waals surface area contributed by atoms with Crippen LogP contribution in [0, 0.1) is 5.92 Å². The molecular formula is C19H31N5O2. The predicted octanol–water partition coefficient (Wildman–Crippen LogP) is 1.28. The minimum Gasteiger partial charge on any atom is -0.393 e. The summed E-state index contributed by atoms with van der Waals surface area (Å²) in [6.07, 6.45) is 7.00. The number of aromatic nitrogens is 3. The van der Waals surface area contributed by atoms with Crippen molar-refractivity contribution in [2.45, 2.75) is 63.5 Å². The van der Waals surface area contributed by atoms with Crippen molar-refractivity contribution in [3.05, 3.63) is 11.6 Å². The highest BCUT2D eigenvalue weighted by atomic mass is 16.3. The van der Waals surface area contributed by atoms with Gasteiger partial charge in [-0.3, -0.25) is 9.69 Å². The van der Waals surface area contributed by atoms with Crippen LogP contribution in [0.5, 0.6) is 0 Å². The summed E-state index contributed by atoms with van der Waals surface area (Å²) in [6, 6.07) is 0. The van der Waals surface area contributed by atoms with E-state index >= 15 is 0 Å². The molecule has 144 valence electrons. The molecule has 0 spiro atoms. The smallest absolute Gasteiger partial charge is 0.225 e. The van der Waals surface area contributed by atoms with Crippen LogP contribution in [-0.2, 0) is 18.4 Å². The summed E-state index contributed by atoms with van der Waals surface area (Å²) >= 11 is 0. The molecule has 2 saturated heterocycles. The van der Waals surface area contributed by atoms with Crippen molar-refractivity contribution in [3.8, 4) is 0 Å². The molecule has 1 N–H and O–H groups in total. The third-order valence-electron chi connectivity index (χ3n) is 6.47. The Labute approximate surface area is 155 Å². The second-order valence-electron chi connectivity index (χ2n) is 8.29. The van der Waals surface area contributed by atoms with Crippen molar-refractivity contribution < 1.29 is 9.90 Å². The fraction of sp³-hybridized carbons (Fsp3) is 0.842. The molecule has 1 amide bonds. The van der Waals surface area contributed by atoms with Crippen molar-refractivity contribution >= 4 is 5.91 Å². The lowest BCUT2D eigenvalue weighted by Crippen LogP contribution is -2.44. The average molecular weight is 361 g/mol. The van der Waals surface area contributed by atoms with Gasteiger partial charge in [0, 0.05) is 45.1 Å². The molecular weight excluding hydrogens is 330 g/mol. The molecule has 0 unspecified atom stereocenters. The predicted molar refractivity (Wildman–Crippen MR) is 97.4 cm³/mol. The molecule has 1 saturated carbocycles. The van der Waals surface area contributed by atoms with E-state index in [0.717, 1.165) is 82.9 Å². The lowest BCUT2D eigenvalue weighted by Gasteiger charge is -2.37. The molecule has 1 aromatic rings. The van der Waals surface area contributed by atoms with Crippen LogP contribution in [-0.4, -0.2) is 67.9 Å². The highest BCUT2D eigenvalue weighted by molar-refractivity contribution is 5.79. The van der Waals surface area contributed by atoms with Crippen LogP contribution >= 0.6 is 0 Å². The van der Waals surface area contributed by atoms with Gasteiger partial charge in [-0.25, -0.2) is 0 Å². The lowest BCUT2D eigenvalue weighted by molar-refractivity contribution is -0.139. The first-order valence-electron chi connectivity index (χ1n) is 10.2. The van der Waals surface area contributed by atoms with Gasteiger partial charge in [0.15, 0.2) is 0 Å². The molecule has 7 nitrogen and oxygen atoms in total. The number of carbonyl (C=O) groups is 1. The quantitative estimate of drug-likeness (QED) is 0.874. The second kappa shape index (κ2) is 7.64. The molecule has 3 fully saturated rings. The molecule has 26 heavy (non-hydrogen) atoms. The molecule has 1 aromatic heterocycles. The SMILES string of the molecule is Cn1c(CN2CCC(O)CC2)nnc1[C@H]1CCCN(C(=O)C2CCC2)C1. The van der Waals surface area contributed by atoms with Gasteiger partial charge in [-0.05, 0) is 38.5 Å². The van der Waals surface area contributed by atoms with E-state index in [9.17, 15) is 9.90 Å². The van der Waals surface area contributed by atoms with Gasteiger partial charge in [0.25, 0.3) is 0 Å². The minimum absolute atomic E-state index is 0.150. The number of hydrogen-bond acceptors (Lipinski definition) is 5. The number of amides is 1. The molecule has 4 rings (SSSR count). The van der Waals surface area contributed by atoms with E-state index in [0.29, 0.717) is 11.8 Å². The van der Waals surface area contributed by atoms with Crippen LogP contribution in [0.2, 0.25) is 0 Å². The summed E-state index contributed by atoms with van der Waals surface area (Å²) in [7, 11) is 2.05. The number of hydrogen-bond donors (Lipinski definition) is 1. The molecule has 7 heteroatoms. The highest BCUT2D eigenvalue weighted by Gasteiger charge is 2.34. The summed E-state index contributed by atoms with van der Waals surface area (Å²) in [5.41, 5.74) is 0. The zero-order valence-electron chi connectivity index (χ0n) is 15.8. The van der Waals surface area contributed by atoms with Crippen molar-refractivity contribution in [1.82, 2.24) is 24.6 Å². The Kier molecular flexibility index (Phi) is 5.27. The molecule has 0 bridgehead atoms. The van der Waals surface area contributed by atoms with E-state index in [1.54, 1.807) is 0 Å². The normalized spacial score (nSPS) is 26.1. The van der Waals surface area contributed by atoms with Gasteiger partial charge in [0.2, 0.25) is 5.91 Å². The van der Waals surface area contributed by atoms with Crippen molar-refractivity contribution in [2.24, 2.45) is 13.0 Å². The van der Waals surface area contributed by atoms with Crippen molar-refractivity contribution in [3.63, 3.8) is 0 Å². The Morgan fingerprint density at radius 2 is 1.85 bits per heavy atom. The first-order valence-corrected chi connectivity index (χ1v) is 10.2. The monoisotopic (exact) mass is 361 g/mol. The molecule has 1 aliphatic carbocycles. The van der Waals surface area contributed by atoms with Crippen LogP contribution in [0.1, 0.15) is 62.5 Å². The zero-order valence-corrected chi connectivity index (χ0v) is 15.8. The van der Waals surface area contributed by atoms with E-state index in [-0.39, 0.29) is 12.0 Å². The van der Waals surface area contributed by atoms with Gasteiger partial charge >= 0.3 is 0 Å². The average Bonchev–Trinajstić information content (AvgIpc) is 2.96. The van der Waals surface area contributed by atoms with Gasteiger partial charge in [-0.1, -0.05) is 6.42 Å². The minimum atomic E-state index is -0.150. The summed E-state index contributed by atoms with van der Waals surface area (Å²) in [6.45, 7) is 4.30. The lowest BCUT2D eigenvalue weighted by atomic mass is 9.83. The molecule has 1 atom stereocenters. The Balaban J connectivity index is 1.39. The molecule has 0 radical (unpaired) electrons. The van der Waals surface area contributed by atoms with E-state index in [1.165, 1.54) is 6.42 Å². The van der Waals surface area contributed by atoms with Gasteiger partial charge in [-0.15, -0.1) is 10.2 Å². The fourth-order valence-corrected chi connectivity index (χ4v) is 4.45. The van der Waals surface area contributed by atoms with Gasteiger partial charge in [-0.2, -0.15) is 0 Å². The second-order valence-corrected chi connectivity index (χ2v) is 8.29. The number of piperidine rings is 2. The van der Waals surface area contributed by atoms with Crippen LogP contribution in [0.15, 0.2) is 0 Å². The van der Waals surface area contributed by atoms with Crippen LogP contribution in [0.4, 0.5) is 0 Å². The van der Waals surface area contributed by atoms with E-state index in [1.807, 2.05) is 0 Å². The Morgan fingerprint density at radius 1 is 1.08 bits per heavy atom. The Hall–Kier alpha value is -1.47. The molecule has 2 aliphatic heterocycles. The van der Waals surface area contributed by atoms with Crippen LogP contribution < -0.4 is 0 Å². The Bertz CT molecular complexity index is 634. The maximum Gasteiger partial charge on any atom is 0.225 e. The number of aliphatic hydroxyl groups excluding tert-OH is 1. The van der Waals surface area contributed by atoms with Crippen molar-refractivity contribution in [1.29, 1.82) is 0 Å². The molecule has 3 aliphatic rings. The first-order chi connectivity index (χ1) is 12.6.